The van der Waals surface area contributed by atoms with E-state index in [4.69, 9.17) is 28.3 Å². The van der Waals surface area contributed by atoms with E-state index in [0.717, 1.165) is 6.08 Å². The fraction of sp³-hybridized carbons (Fsp3) is 0. The van der Waals surface area contributed by atoms with Gasteiger partial charge in [0.2, 0.25) is 5.83 Å². The molecule has 0 radical (unpaired) electrons. The van der Waals surface area contributed by atoms with Crippen LogP contribution in [0.1, 0.15) is 5.56 Å². The summed E-state index contributed by atoms with van der Waals surface area (Å²) in [4.78, 5) is 10.2. The van der Waals surface area contributed by atoms with Crippen LogP contribution >= 0.6 is 23.2 Å². The first-order valence-electron chi connectivity index (χ1n) is 3.56. The predicted octanol–water partition coefficient (Wildman–Crippen LogP) is 3.39. The standard InChI is InChI=1S/C9H5Cl2FO2/c10-6-2-1-5(7(11)4-6)3-8(12)9(13)14/h1-4H,(H,13,14). The quantitative estimate of drug-likeness (QED) is 0.797. The van der Waals surface area contributed by atoms with Crippen LogP contribution in [0.15, 0.2) is 24.0 Å². The van der Waals surface area contributed by atoms with Crippen molar-refractivity contribution in [3.63, 3.8) is 0 Å². The second-order valence-electron chi connectivity index (χ2n) is 2.46. The van der Waals surface area contributed by atoms with E-state index >= 15 is 0 Å². The van der Waals surface area contributed by atoms with E-state index in [1.165, 1.54) is 18.2 Å². The molecule has 0 fully saturated rings. The van der Waals surface area contributed by atoms with Gasteiger partial charge in [0.15, 0.2) is 0 Å². The van der Waals surface area contributed by atoms with Gasteiger partial charge in [0.25, 0.3) is 0 Å². The lowest BCUT2D eigenvalue weighted by Gasteiger charge is -1.98. The van der Waals surface area contributed by atoms with Gasteiger partial charge in [-0.15, -0.1) is 0 Å². The van der Waals surface area contributed by atoms with Gasteiger partial charge in [-0.05, 0) is 23.8 Å². The molecule has 0 aromatic heterocycles. The summed E-state index contributed by atoms with van der Waals surface area (Å²) in [5.41, 5.74) is 0.274. The van der Waals surface area contributed by atoms with Crippen LogP contribution in [-0.4, -0.2) is 11.1 Å². The van der Waals surface area contributed by atoms with Gasteiger partial charge in [0.1, 0.15) is 0 Å². The van der Waals surface area contributed by atoms with Crippen LogP contribution in [0, 0.1) is 0 Å². The van der Waals surface area contributed by atoms with Crippen molar-refractivity contribution in [3.05, 3.63) is 39.6 Å². The van der Waals surface area contributed by atoms with Gasteiger partial charge in [-0.1, -0.05) is 29.3 Å². The number of carboxylic acids is 1. The molecule has 0 aliphatic heterocycles. The molecule has 0 heterocycles. The maximum absolute atomic E-state index is 12.7. The Morgan fingerprint density at radius 3 is 2.57 bits per heavy atom. The van der Waals surface area contributed by atoms with E-state index in [9.17, 15) is 9.18 Å². The number of hydrogen-bond donors (Lipinski definition) is 1. The summed E-state index contributed by atoms with van der Waals surface area (Å²) in [7, 11) is 0. The normalized spacial score (nSPS) is 11.5. The average Bonchev–Trinajstić information content (AvgIpc) is 2.09. The Kier molecular flexibility index (Phi) is 3.49. The maximum Gasteiger partial charge on any atom is 0.364 e. The summed E-state index contributed by atoms with van der Waals surface area (Å²) in [6.07, 6.45) is 0.834. The zero-order valence-electron chi connectivity index (χ0n) is 6.80. The van der Waals surface area contributed by atoms with Crippen molar-refractivity contribution in [1.29, 1.82) is 0 Å². The summed E-state index contributed by atoms with van der Waals surface area (Å²) >= 11 is 11.3. The second-order valence-corrected chi connectivity index (χ2v) is 3.31. The van der Waals surface area contributed by atoms with E-state index < -0.39 is 11.8 Å². The third kappa shape index (κ3) is 2.72. The molecule has 0 aliphatic rings. The predicted molar refractivity (Wildman–Crippen MR) is 53.2 cm³/mol. The highest BCUT2D eigenvalue weighted by atomic mass is 35.5. The Morgan fingerprint density at radius 2 is 2.07 bits per heavy atom. The molecule has 0 aliphatic carbocycles. The lowest BCUT2D eigenvalue weighted by Crippen LogP contribution is -1.94. The molecule has 1 aromatic carbocycles. The third-order valence-electron chi connectivity index (χ3n) is 1.45. The summed E-state index contributed by atoms with van der Waals surface area (Å²) in [6, 6.07) is 4.34. The SMILES string of the molecule is O=C(O)C(F)=Cc1ccc(Cl)cc1Cl. The number of rotatable bonds is 2. The number of carbonyl (C=O) groups is 1. The summed E-state index contributed by atoms with van der Waals surface area (Å²) < 4.78 is 12.7. The minimum absolute atomic E-state index is 0.203. The Balaban J connectivity index is 3.09. The Bertz CT molecular complexity index is 402. The van der Waals surface area contributed by atoms with Crippen molar-refractivity contribution in [3.8, 4) is 0 Å². The largest absolute Gasteiger partial charge is 0.476 e. The van der Waals surface area contributed by atoms with E-state index in [1.807, 2.05) is 0 Å². The summed E-state index contributed by atoms with van der Waals surface area (Å²) in [5, 5.41) is 8.88. The first-order chi connectivity index (χ1) is 6.50. The van der Waals surface area contributed by atoms with Crippen molar-refractivity contribution in [2.75, 3.05) is 0 Å². The fourth-order valence-electron chi connectivity index (χ4n) is 0.817. The van der Waals surface area contributed by atoms with Crippen molar-refractivity contribution in [2.45, 2.75) is 0 Å². The van der Waals surface area contributed by atoms with E-state index in [1.54, 1.807) is 0 Å². The molecule has 0 unspecified atom stereocenters. The van der Waals surface area contributed by atoms with Gasteiger partial charge in [-0.2, -0.15) is 4.39 Å². The zero-order chi connectivity index (χ0) is 10.7. The molecule has 0 spiro atoms. The van der Waals surface area contributed by atoms with Gasteiger partial charge in [-0.25, -0.2) is 4.79 Å². The molecule has 0 saturated heterocycles. The Labute approximate surface area is 89.6 Å². The molecule has 0 amide bonds. The number of carboxylic acid groups (broad SMARTS) is 1. The first-order valence-corrected chi connectivity index (χ1v) is 4.32. The molecular formula is C9H5Cl2FO2. The maximum atomic E-state index is 12.7. The van der Waals surface area contributed by atoms with Crippen LogP contribution in [0.4, 0.5) is 4.39 Å². The first kappa shape index (κ1) is 11.0. The molecule has 0 atom stereocenters. The van der Waals surface area contributed by atoms with Gasteiger partial charge >= 0.3 is 5.97 Å². The molecule has 14 heavy (non-hydrogen) atoms. The van der Waals surface area contributed by atoms with Gasteiger partial charge in [0.05, 0.1) is 0 Å². The molecular weight excluding hydrogens is 230 g/mol. The number of benzene rings is 1. The Morgan fingerprint density at radius 1 is 1.43 bits per heavy atom. The van der Waals surface area contributed by atoms with Crippen molar-refractivity contribution in [2.24, 2.45) is 0 Å². The molecule has 1 N–H and O–H groups in total. The third-order valence-corrected chi connectivity index (χ3v) is 2.01. The minimum atomic E-state index is -1.63. The Hall–Kier alpha value is -1.06. The molecule has 5 heteroatoms. The molecule has 2 nitrogen and oxygen atoms in total. The zero-order valence-corrected chi connectivity index (χ0v) is 8.31. The van der Waals surface area contributed by atoms with E-state index in [2.05, 4.69) is 0 Å². The smallest absolute Gasteiger partial charge is 0.364 e. The fourth-order valence-corrected chi connectivity index (χ4v) is 1.28. The van der Waals surface area contributed by atoms with Crippen LogP contribution in [0.3, 0.4) is 0 Å². The number of halogens is 3. The molecule has 74 valence electrons. The van der Waals surface area contributed by atoms with Gasteiger partial charge in [-0.3, -0.25) is 0 Å². The van der Waals surface area contributed by atoms with E-state index in [-0.39, 0.29) is 10.6 Å². The topological polar surface area (TPSA) is 37.3 Å². The molecule has 0 saturated carbocycles. The van der Waals surface area contributed by atoms with Crippen LogP contribution < -0.4 is 0 Å². The van der Waals surface area contributed by atoms with Gasteiger partial charge < -0.3 is 5.11 Å². The average molecular weight is 235 g/mol. The molecule has 0 bridgehead atoms. The number of aliphatic carboxylic acids is 1. The van der Waals surface area contributed by atoms with Crippen molar-refractivity contribution < 1.29 is 14.3 Å². The van der Waals surface area contributed by atoms with Crippen LogP contribution in [0.2, 0.25) is 10.0 Å². The van der Waals surface area contributed by atoms with Crippen LogP contribution in [0.25, 0.3) is 6.08 Å². The van der Waals surface area contributed by atoms with Crippen LogP contribution in [-0.2, 0) is 4.79 Å². The highest BCUT2D eigenvalue weighted by Gasteiger charge is 2.06. The molecule has 1 aromatic rings. The van der Waals surface area contributed by atoms with Crippen molar-refractivity contribution in [1.82, 2.24) is 0 Å². The summed E-state index contributed by atoms with van der Waals surface area (Å²) in [5.74, 6) is -2.90. The lowest BCUT2D eigenvalue weighted by atomic mass is 10.2. The monoisotopic (exact) mass is 234 g/mol. The van der Waals surface area contributed by atoms with Crippen LogP contribution in [0.5, 0.6) is 0 Å². The minimum Gasteiger partial charge on any atom is -0.476 e. The highest BCUT2D eigenvalue weighted by molar-refractivity contribution is 6.35. The van der Waals surface area contributed by atoms with E-state index in [0.29, 0.717) is 5.02 Å². The number of hydrogen-bond acceptors (Lipinski definition) is 1. The summed E-state index contributed by atoms with van der Waals surface area (Å²) in [6.45, 7) is 0. The van der Waals surface area contributed by atoms with Crippen molar-refractivity contribution >= 4 is 35.2 Å². The van der Waals surface area contributed by atoms with Gasteiger partial charge in [0, 0.05) is 10.0 Å². The molecule has 1 rings (SSSR count). The lowest BCUT2D eigenvalue weighted by molar-refractivity contribution is -0.134. The second kappa shape index (κ2) is 4.44. The highest BCUT2D eigenvalue weighted by Crippen LogP contribution is 2.23.